The maximum atomic E-state index is 12.7. The molecule has 1 aliphatic rings. The van der Waals surface area contributed by atoms with Gasteiger partial charge in [-0.2, -0.15) is 9.40 Å². The van der Waals surface area contributed by atoms with Crippen LogP contribution in [0.25, 0.3) is 0 Å². The maximum absolute atomic E-state index is 12.7. The van der Waals surface area contributed by atoms with E-state index in [0.717, 1.165) is 24.2 Å². The molecule has 3 rings (SSSR count). The topological polar surface area (TPSA) is 97.2 Å². The predicted octanol–water partition coefficient (Wildman–Crippen LogP) is 1.15. The average Bonchev–Trinajstić information content (AvgIpc) is 3.28. The molecular weight excluding hydrogens is 350 g/mol. The molecule has 1 amide bonds. The fourth-order valence-electron chi connectivity index (χ4n) is 2.76. The van der Waals surface area contributed by atoms with Gasteiger partial charge in [-0.15, -0.1) is 11.3 Å². The zero-order valence-electron chi connectivity index (χ0n) is 13.5. The summed E-state index contributed by atoms with van der Waals surface area (Å²) in [6.45, 7) is 2.80. The molecular formula is C14H19N5O3S2. The number of amides is 1. The van der Waals surface area contributed by atoms with Gasteiger partial charge >= 0.3 is 0 Å². The standard InChI is InChI=1S/C14H19N5O3S2/c1-10(13-15-9-16-18(13)2)17-14(20)12-11(5-8-23-12)24(21,22)19-6-3-4-7-19/h5,8-10H,3-4,6-7H2,1-2H3,(H,17,20)/t10-/m1/s1. The lowest BCUT2D eigenvalue weighted by molar-refractivity contribution is 0.0938. The van der Waals surface area contributed by atoms with Gasteiger partial charge in [-0.1, -0.05) is 0 Å². The van der Waals surface area contributed by atoms with Crippen LogP contribution in [0.15, 0.2) is 22.7 Å². The summed E-state index contributed by atoms with van der Waals surface area (Å²) in [6.07, 6.45) is 3.12. The SMILES string of the molecule is C[C@@H](NC(=O)c1sccc1S(=O)(=O)N1CCCC1)c1ncnn1C. The Labute approximate surface area is 144 Å². The van der Waals surface area contributed by atoms with Crippen LogP contribution >= 0.6 is 11.3 Å². The fourth-order valence-corrected chi connectivity index (χ4v) is 5.58. The van der Waals surface area contributed by atoms with Crippen LogP contribution in [-0.2, 0) is 17.1 Å². The van der Waals surface area contributed by atoms with E-state index in [-0.39, 0.29) is 15.8 Å². The molecule has 1 fully saturated rings. The molecule has 1 atom stereocenters. The first-order valence-corrected chi connectivity index (χ1v) is 9.95. The molecule has 130 valence electrons. The van der Waals surface area contributed by atoms with Crippen molar-refractivity contribution in [2.75, 3.05) is 13.1 Å². The summed E-state index contributed by atoms with van der Waals surface area (Å²) in [5.74, 6) is 0.183. The van der Waals surface area contributed by atoms with Gasteiger partial charge in [0.15, 0.2) is 0 Å². The van der Waals surface area contributed by atoms with Gasteiger partial charge in [0, 0.05) is 20.1 Å². The Hall–Kier alpha value is -1.78. The summed E-state index contributed by atoms with van der Waals surface area (Å²) >= 11 is 1.13. The summed E-state index contributed by atoms with van der Waals surface area (Å²) in [5, 5.41) is 8.39. The van der Waals surface area contributed by atoms with Crippen LogP contribution in [0.5, 0.6) is 0 Å². The van der Waals surface area contributed by atoms with E-state index in [1.165, 1.54) is 16.7 Å². The summed E-state index contributed by atoms with van der Waals surface area (Å²) in [4.78, 5) is 16.9. The lowest BCUT2D eigenvalue weighted by atomic mass is 10.3. The first kappa shape index (κ1) is 17.1. The van der Waals surface area contributed by atoms with Crippen molar-refractivity contribution in [2.45, 2.75) is 30.7 Å². The zero-order chi connectivity index (χ0) is 17.3. The molecule has 24 heavy (non-hydrogen) atoms. The van der Waals surface area contributed by atoms with Crippen LogP contribution in [0.4, 0.5) is 0 Å². The number of hydrogen-bond acceptors (Lipinski definition) is 6. The van der Waals surface area contributed by atoms with E-state index in [2.05, 4.69) is 15.4 Å². The van der Waals surface area contributed by atoms with Crippen LogP contribution in [0.2, 0.25) is 0 Å². The predicted molar refractivity (Wildman–Crippen MR) is 89.2 cm³/mol. The average molecular weight is 369 g/mol. The second kappa shape index (κ2) is 6.61. The molecule has 0 aliphatic carbocycles. The zero-order valence-corrected chi connectivity index (χ0v) is 15.1. The van der Waals surface area contributed by atoms with E-state index in [9.17, 15) is 13.2 Å². The largest absolute Gasteiger partial charge is 0.342 e. The fraction of sp³-hybridized carbons (Fsp3) is 0.500. The van der Waals surface area contributed by atoms with Gasteiger partial charge in [0.2, 0.25) is 10.0 Å². The Bertz CT molecular complexity index is 836. The number of hydrogen-bond donors (Lipinski definition) is 1. The van der Waals surface area contributed by atoms with Crippen molar-refractivity contribution in [1.29, 1.82) is 0 Å². The highest BCUT2D eigenvalue weighted by atomic mass is 32.2. The van der Waals surface area contributed by atoms with Crippen LogP contribution in [0.1, 0.15) is 41.3 Å². The molecule has 0 unspecified atom stereocenters. The minimum Gasteiger partial charge on any atom is -0.342 e. The Morgan fingerprint density at radius 2 is 2.08 bits per heavy atom. The van der Waals surface area contributed by atoms with E-state index < -0.39 is 15.9 Å². The minimum atomic E-state index is -3.62. The van der Waals surface area contributed by atoms with Crippen molar-refractivity contribution >= 4 is 27.3 Å². The van der Waals surface area contributed by atoms with Gasteiger partial charge in [-0.25, -0.2) is 13.4 Å². The van der Waals surface area contributed by atoms with Crippen molar-refractivity contribution in [3.8, 4) is 0 Å². The number of rotatable bonds is 5. The first-order chi connectivity index (χ1) is 11.4. The molecule has 10 heteroatoms. The minimum absolute atomic E-state index is 0.0806. The normalized spacial score (nSPS) is 17.1. The third kappa shape index (κ3) is 3.08. The van der Waals surface area contributed by atoms with Gasteiger partial charge in [-0.05, 0) is 31.2 Å². The summed E-state index contributed by atoms with van der Waals surface area (Å²) in [6, 6.07) is 1.12. The highest BCUT2D eigenvalue weighted by Gasteiger charge is 2.32. The van der Waals surface area contributed by atoms with Gasteiger partial charge < -0.3 is 5.32 Å². The molecule has 2 aromatic rings. The second-order valence-electron chi connectivity index (χ2n) is 5.66. The van der Waals surface area contributed by atoms with E-state index in [0.29, 0.717) is 18.9 Å². The van der Waals surface area contributed by atoms with Gasteiger partial charge in [-0.3, -0.25) is 9.48 Å². The molecule has 0 aromatic carbocycles. The molecule has 0 radical (unpaired) electrons. The number of carbonyl (C=O) groups excluding carboxylic acids is 1. The smallest absolute Gasteiger partial charge is 0.263 e. The van der Waals surface area contributed by atoms with Gasteiger partial charge in [0.05, 0.1) is 6.04 Å². The number of aromatic nitrogens is 3. The summed E-state index contributed by atoms with van der Waals surface area (Å²) in [7, 11) is -1.88. The molecule has 0 bridgehead atoms. The Morgan fingerprint density at radius 3 is 2.71 bits per heavy atom. The van der Waals surface area contributed by atoms with Crippen molar-refractivity contribution in [2.24, 2.45) is 7.05 Å². The lowest BCUT2D eigenvalue weighted by Crippen LogP contribution is -2.32. The number of nitrogens with zero attached hydrogens (tertiary/aromatic N) is 4. The monoisotopic (exact) mass is 369 g/mol. The van der Waals surface area contributed by atoms with E-state index in [1.807, 2.05) is 0 Å². The summed E-state index contributed by atoms with van der Waals surface area (Å²) < 4.78 is 28.4. The van der Waals surface area contributed by atoms with Crippen LogP contribution < -0.4 is 5.32 Å². The second-order valence-corrected chi connectivity index (χ2v) is 8.48. The van der Waals surface area contributed by atoms with E-state index in [1.54, 1.807) is 24.0 Å². The molecule has 2 aromatic heterocycles. The van der Waals surface area contributed by atoms with Gasteiger partial charge in [0.25, 0.3) is 5.91 Å². The summed E-state index contributed by atoms with van der Waals surface area (Å²) in [5.41, 5.74) is 0. The molecule has 3 heterocycles. The Morgan fingerprint density at radius 1 is 1.38 bits per heavy atom. The molecule has 0 spiro atoms. The molecule has 0 saturated carbocycles. The number of sulfonamides is 1. The van der Waals surface area contributed by atoms with Gasteiger partial charge in [0.1, 0.15) is 21.9 Å². The molecule has 1 N–H and O–H groups in total. The van der Waals surface area contributed by atoms with Crippen molar-refractivity contribution in [3.63, 3.8) is 0 Å². The van der Waals surface area contributed by atoms with Crippen LogP contribution in [0.3, 0.4) is 0 Å². The van der Waals surface area contributed by atoms with Crippen LogP contribution in [-0.4, -0.2) is 46.5 Å². The van der Waals surface area contributed by atoms with Crippen LogP contribution in [0, 0.1) is 0 Å². The maximum Gasteiger partial charge on any atom is 0.263 e. The van der Waals surface area contributed by atoms with Crippen molar-refractivity contribution in [3.05, 3.63) is 28.5 Å². The van der Waals surface area contributed by atoms with Crippen molar-refractivity contribution in [1.82, 2.24) is 24.4 Å². The quantitative estimate of drug-likeness (QED) is 0.853. The highest BCUT2D eigenvalue weighted by Crippen LogP contribution is 2.28. The molecule has 1 aliphatic heterocycles. The number of nitrogens with one attached hydrogen (secondary N) is 1. The Balaban J connectivity index is 1.82. The lowest BCUT2D eigenvalue weighted by Gasteiger charge is -2.17. The first-order valence-electron chi connectivity index (χ1n) is 7.63. The number of thiophene rings is 1. The number of aryl methyl sites for hydroxylation is 1. The molecule has 1 saturated heterocycles. The molecule has 8 nitrogen and oxygen atoms in total. The van der Waals surface area contributed by atoms with E-state index >= 15 is 0 Å². The third-order valence-corrected chi connectivity index (χ3v) is 6.98. The third-order valence-electron chi connectivity index (χ3n) is 4.00. The Kier molecular flexibility index (Phi) is 4.70. The highest BCUT2D eigenvalue weighted by molar-refractivity contribution is 7.89. The van der Waals surface area contributed by atoms with Crippen molar-refractivity contribution < 1.29 is 13.2 Å². The number of carbonyl (C=O) groups is 1. The van der Waals surface area contributed by atoms with E-state index in [4.69, 9.17) is 0 Å².